The summed E-state index contributed by atoms with van der Waals surface area (Å²) in [4.78, 5) is 13.1. The second kappa shape index (κ2) is 6.27. The zero-order valence-electron chi connectivity index (χ0n) is 15.5. The summed E-state index contributed by atoms with van der Waals surface area (Å²) in [5.74, 6) is -0.198. The summed E-state index contributed by atoms with van der Waals surface area (Å²) in [5, 5.41) is 0. The van der Waals surface area contributed by atoms with E-state index in [1.165, 1.54) is 18.2 Å². The number of hydrogen-bond donors (Lipinski definition) is 0. The molecule has 0 amide bonds. The van der Waals surface area contributed by atoms with Crippen molar-refractivity contribution in [2.75, 3.05) is 7.11 Å². The van der Waals surface area contributed by atoms with Crippen LogP contribution in [0.5, 0.6) is 0 Å². The predicted octanol–water partition coefficient (Wildman–Crippen LogP) is 5.33. The van der Waals surface area contributed by atoms with Crippen LogP contribution in [0.25, 0.3) is 0 Å². The highest BCUT2D eigenvalue weighted by Gasteiger charge is 2.31. The number of carbonyl (C=O) groups excluding carboxylic acids is 1. The number of rotatable bonds is 3. The van der Waals surface area contributed by atoms with E-state index in [1.54, 1.807) is 11.8 Å². The second-order valence-electron chi connectivity index (χ2n) is 8.35. The van der Waals surface area contributed by atoms with Gasteiger partial charge in [-0.3, -0.25) is 4.79 Å². The number of ether oxygens (including phenoxy) is 1. The number of carbonyl (C=O) groups is 1. The molecule has 0 N–H and O–H groups in total. The van der Waals surface area contributed by atoms with Gasteiger partial charge >= 0.3 is 5.97 Å². The molecule has 0 fully saturated rings. The van der Waals surface area contributed by atoms with Gasteiger partial charge in [0.25, 0.3) is 0 Å². The molecule has 0 heterocycles. The molecular formula is C19H30O2S. The summed E-state index contributed by atoms with van der Waals surface area (Å²) in [7, 11) is 1.44. The summed E-state index contributed by atoms with van der Waals surface area (Å²) in [5.41, 5.74) is 2.74. The Bertz CT molecular complexity index is 513. The van der Waals surface area contributed by atoms with Crippen LogP contribution in [0.4, 0.5) is 0 Å². The highest BCUT2D eigenvalue weighted by Crippen LogP contribution is 2.38. The van der Waals surface area contributed by atoms with Crippen LogP contribution in [0.2, 0.25) is 0 Å². The van der Waals surface area contributed by atoms with Gasteiger partial charge in [0, 0.05) is 4.90 Å². The molecule has 1 aromatic rings. The fourth-order valence-electron chi connectivity index (χ4n) is 2.11. The Balaban J connectivity index is 3.34. The van der Waals surface area contributed by atoms with Crippen LogP contribution in [0.15, 0.2) is 23.1 Å². The third-order valence-corrected chi connectivity index (χ3v) is 4.84. The first-order chi connectivity index (χ1) is 9.77. The molecule has 0 aliphatic rings. The first kappa shape index (κ1) is 19.1. The topological polar surface area (TPSA) is 26.3 Å². The van der Waals surface area contributed by atoms with Gasteiger partial charge in [0.15, 0.2) is 0 Å². The Labute approximate surface area is 140 Å². The average Bonchev–Trinajstić information content (AvgIpc) is 2.34. The van der Waals surface area contributed by atoms with Crippen molar-refractivity contribution in [2.45, 2.75) is 75.9 Å². The molecule has 22 heavy (non-hydrogen) atoms. The summed E-state index contributed by atoms with van der Waals surface area (Å²) in [6, 6.07) is 6.68. The van der Waals surface area contributed by atoms with E-state index < -0.39 is 4.75 Å². The molecule has 0 radical (unpaired) electrons. The van der Waals surface area contributed by atoms with Crippen molar-refractivity contribution in [1.82, 2.24) is 0 Å². The van der Waals surface area contributed by atoms with Crippen LogP contribution in [0, 0.1) is 0 Å². The van der Waals surface area contributed by atoms with Gasteiger partial charge in [-0.2, -0.15) is 0 Å². The number of hydrogen-bond acceptors (Lipinski definition) is 3. The van der Waals surface area contributed by atoms with Gasteiger partial charge in [-0.15, -0.1) is 11.8 Å². The lowest BCUT2D eigenvalue weighted by Gasteiger charge is -2.28. The van der Waals surface area contributed by atoms with Gasteiger partial charge in [0.05, 0.1) is 7.11 Å². The van der Waals surface area contributed by atoms with Crippen LogP contribution in [-0.4, -0.2) is 17.8 Å². The summed E-state index contributed by atoms with van der Waals surface area (Å²) < 4.78 is 4.33. The Morgan fingerprint density at radius 3 is 1.59 bits per heavy atom. The van der Waals surface area contributed by atoms with Gasteiger partial charge < -0.3 is 4.74 Å². The molecule has 3 heteroatoms. The molecule has 124 valence electrons. The summed E-state index contributed by atoms with van der Waals surface area (Å²) in [6.45, 7) is 17.1. The van der Waals surface area contributed by atoms with E-state index in [2.05, 4.69) is 59.7 Å². The number of benzene rings is 1. The van der Waals surface area contributed by atoms with Gasteiger partial charge in [0.1, 0.15) is 4.75 Å². The molecule has 0 saturated carbocycles. The van der Waals surface area contributed by atoms with E-state index in [0.29, 0.717) is 0 Å². The van der Waals surface area contributed by atoms with Crippen LogP contribution in [0.1, 0.15) is 66.5 Å². The molecule has 0 spiro atoms. The number of esters is 1. The molecule has 0 aliphatic carbocycles. The fraction of sp³-hybridized carbons (Fsp3) is 0.632. The molecule has 2 nitrogen and oxygen atoms in total. The van der Waals surface area contributed by atoms with Crippen LogP contribution >= 0.6 is 11.8 Å². The maximum Gasteiger partial charge on any atom is 0.321 e. The van der Waals surface area contributed by atoms with E-state index in [9.17, 15) is 4.79 Å². The monoisotopic (exact) mass is 322 g/mol. The second-order valence-corrected chi connectivity index (χ2v) is 10.0. The van der Waals surface area contributed by atoms with Crippen molar-refractivity contribution in [3.8, 4) is 0 Å². The smallest absolute Gasteiger partial charge is 0.321 e. The first-order valence-electron chi connectivity index (χ1n) is 7.71. The minimum absolute atomic E-state index is 0.0754. The van der Waals surface area contributed by atoms with Gasteiger partial charge in [0.2, 0.25) is 0 Å². The molecular weight excluding hydrogens is 292 g/mol. The van der Waals surface area contributed by atoms with Gasteiger partial charge in [-0.25, -0.2) is 0 Å². The third kappa shape index (κ3) is 4.77. The van der Waals surface area contributed by atoms with E-state index in [1.807, 2.05) is 13.8 Å². The minimum atomic E-state index is -0.597. The Hall–Kier alpha value is -0.960. The van der Waals surface area contributed by atoms with E-state index >= 15 is 0 Å². The molecule has 1 aromatic carbocycles. The largest absolute Gasteiger partial charge is 0.468 e. The Morgan fingerprint density at radius 1 is 0.864 bits per heavy atom. The lowest BCUT2D eigenvalue weighted by molar-refractivity contribution is -0.142. The Morgan fingerprint density at radius 2 is 1.27 bits per heavy atom. The van der Waals surface area contributed by atoms with Crippen molar-refractivity contribution in [3.05, 3.63) is 29.3 Å². The average molecular weight is 323 g/mol. The predicted molar refractivity (Wildman–Crippen MR) is 95.8 cm³/mol. The normalized spacial score (nSPS) is 13.1. The van der Waals surface area contributed by atoms with E-state index in [0.717, 1.165) is 4.90 Å². The summed E-state index contributed by atoms with van der Waals surface area (Å²) >= 11 is 1.56. The standard InChI is InChI=1S/C19H30O2S/c1-17(2,3)13-10-14(18(4,5)6)12-15(11-13)22-19(7,8)16(20)21-9/h10-12H,1-9H3. The van der Waals surface area contributed by atoms with Crippen molar-refractivity contribution < 1.29 is 9.53 Å². The third-order valence-electron chi connectivity index (χ3n) is 3.69. The zero-order chi connectivity index (χ0) is 17.3. The lowest BCUT2D eigenvalue weighted by atomic mass is 9.81. The molecule has 0 unspecified atom stereocenters. The SMILES string of the molecule is COC(=O)C(C)(C)Sc1cc(C(C)(C)C)cc(C(C)(C)C)c1. The highest BCUT2D eigenvalue weighted by atomic mass is 32.2. The Kier molecular flexibility index (Phi) is 5.44. The van der Waals surface area contributed by atoms with E-state index in [-0.39, 0.29) is 16.8 Å². The molecule has 0 atom stereocenters. The number of thioether (sulfide) groups is 1. The maximum absolute atomic E-state index is 12.0. The van der Waals surface area contributed by atoms with E-state index in [4.69, 9.17) is 4.74 Å². The minimum Gasteiger partial charge on any atom is -0.468 e. The fourth-order valence-corrected chi connectivity index (χ4v) is 3.23. The molecule has 0 aliphatic heterocycles. The van der Waals surface area contributed by atoms with Crippen molar-refractivity contribution in [2.24, 2.45) is 0 Å². The van der Waals surface area contributed by atoms with Crippen molar-refractivity contribution in [3.63, 3.8) is 0 Å². The lowest BCUT2D eigenvalue weighted by Crippen LogP contribution is -2.29. The maximum atomic E-state index is 12.0. The molecule has 0 aromatic heterocycles. The summed E-state index contributed by atoms with van der Waals surface area (Å²) in [6.07, 6.45) is 0. The van der Waals surface area contributed by atoms with Crippen LogP contribution in [-0.2, 0) is 20.4 Å². The highest BCUT2D eigenvalue weighted by molar-refractivity contribution is 8.01. The first-order valence-corrected chi connectivity index (χ1v) is 8.52. The van der Waals surface area contributed by atoms with Gasteiger partial charge in [-0.05, 0) is 47.9 Å². The molecule has 0 bridgehead atoms. The zero-order valence-corrected chi connectivity index (χ0v) is 16.3. The van der Waals surface area contributed by atoms with Crippen LogP contribution in [0.3, 0.4) is 0 Å². The van der Waals surface area contributed by atoms with Gasteiger partial charge in [-0.1, -0.05) is 47.6 Å². The van der Waals surface area contributed by atoms with Crippen LogP contribution < -0.4 is 0 Å². The van der Waals surface area contributed by atoms with Crippen molar-refractivity contribution in [1.29, 1.82) is 0 Å². The number of methoxy groups -OCH3 is 1. The molecule has 0 saturated heterocycles. The molecule has 1 rings (SSSR count). The van der Waals surface area contributed by atoms with Crippen molar-refractivity contribution >= 4 is 17.7 Å². The quantitative estimate of drug-likeness (QED) is 0.556.